The van der Waals surface area contributed by atoms with Gasteiger partial charge in [0, 0.05) is 0 Å². The van der Waals surface area contributed by atoms with Crippen molar-refractivity contribution < 1.29 is 24.6 Å². The van der Waals surface area contributed by atoms with Gasteiger partial charge in [0.2, 0.25) is 5.91 Å². The van der Waals surface area contributed by atoms with E-state index in [9.17, 15) is 14.4 Å². The Hall–Kier alpha value is -1.63. The molecule has 0 aliphatic rings. The number of carboxylic acid groups (broad SMARTS) is 2. The lowest BCUT2D eigenvalue weighted by molar-refractivity contribution is -0.148. The van der Waals surface area contributed by atoms with E-state index in [2.05, 4.69) is 0 Å². The van der Waals surface area contributed by atoms with Crippen molar-refractivity contribution in [3.8, 4) is 0 Å². The average molecular weight is 204 g/mol. The Morgan fingerprint density at radius 1 is 1.21 bits per heavy atom. The molecule has 0 bridgehead atoms. The van der Waals surface area contributed by atoms with Gasteiger partial charge in [-0.1, -0.05) is 0 Å². The molecule has 7 heteroatoms. The van der Waals surface area contributed by atoms with Gasteiger partial charge in [0.25, 0.3) is 0 Å². The minimum Gasteiger partial charge on any atom is -0.480 e. The molecule has 0 aromatic carbocycles. The van der Waals surface area contributed by atoms with E-state index in [0.717, 1.165) is 6.92 Å². The lowest BCUT2D eigenvalue weighted by Crippen LogP contribution is -2.51. The predicted octanol–water partition coefficient (Wildman–Crippen LogP) is -0.687. The molecule has 0 saturated carbocycles. The Morgan fingerprint density at radius 3 is 1.86 bits per heavy atom. The Balaban J connectivity index is 4.87. The SMILES string of the molecule is C[C@H](N)C(=O)N(C(=O)O)[C@H](C)C(=O)O. The number of rotatable bonds is 3. The number of carboxylic acids is 1. The zero-order valence-corrected chi connectivity index (χ0v) is 7.80. The van der Waals surface area contributed by atoms with Gasteiger partial charge in [-0.25, -0.2) is 14.5 Å². The van der Waals surface area contributed by atoms with Crippen LogP contribution in [0.2, 0.25) is 0 Å². The van der Waals surface area contributed by atoms with Gasteiger partial charge in [-0.2, -0.15) is 0 Å². The van der Waals surface area contributed by atoms with Gasteiger partial charge >= 0.3 is 12.1 Å². The van der Waals surface area contributed by atoms with E-state index in [1.807, 2.05) is 0 Å². The number of carbonyl (C=O) groups excluding carboxylic acids is 1. The van der Waals surface area contributed by atoms with Crippen molar-refractivity contribution in [3.05, 3.63) is 0 Å². The summed E-state index contributed by atoms with van der Waals surface area (Å²) >= 11 is 0. The summed E-state index contributed by atoms with van der Waals surface area (Å²) in [4.78, 5) is 32.4. The third-order valence-electron chi connectivity index (χ3n) is 1.58. The highest BCUT2D eigenvalue weighted by molar-refractivity contribution is 5.97. The third kappa shape index (κ3) is 2.70. The fourth-order valence-electron chi connectivity index (χ4n) is 0.781. The molecular formula is C7H12N2O5. The number of carbonyl (C=O) groups is 3. The fourth-order valence-corrected chi connectivity index (χ4v) is 0.781. The molecule has 0 aromatic rings. The zero-order chi connectivity index (χ0) is 11.5. The normalized spacial score (nSPS) is 14.2. The van der Waals surface area contributed by atoms with Crippen LogP contribution >= 0.6 is 0 Å². The molecule has 0 aliphatic carbocycles. The molecule has 14 heavy (non-hydrogen) atoms. The van der Waals surface area contributed by atoms with Crippen LogP contribution in [0.3, 0.4) is 0 Å². The minimum absolute atomic E-state index is 0.201. The van der Waals surface area contributed by atoms with Crippen LogP contribution in [0.4, 0.5) is 4.79 Å². The van der Waals surface area contributed by atoms with E-state index in [-0.39, 0.29) is 4.90 Å². The van der Waals surface area contributed by atoms with Crippen molar-refractivity contribution in [3.63, 3.8) is 0 Å². The molecule has 4 N–H and O–H groups in total. The number of nitrogens with zero attached hydrogens (tertiary/aromatic N) is 1. The maximum Gasteiger partial charge on any atom is 0.414 e. The molecule has 80 valence electrons. The molecule has 0 aromatic heterocycles. The zero-order valence-electron chi connectivity index (χ0n) is 7.80. The molecule has 0 fully saturated rings. The molecule has 0 radical (unpaired) electrons. The second kappa shape index (κ2) is 4.56. The maximum atomic E-state index is 11.2. The van der Waals surface area contributed by atoms with Crippen molar-refractivity contribution in [2.24, 2.45) is 5.73 Å². The van der Waals surface area contributed by atoms with E-state index in [1.165, 1.54) is 6.92 Å². The fraction of sp³-hybridized carbons (Fsp3) is 0.571. The van der Waals surface area contributed by atoms with Gasteiger partial charge in [0.05, 0.1) is 6.04 Å². The van der Waals surface area contributed by atoms with Crippen molar-refractivity contribution in [2.45, 2.75) is 25.9 Å². The van der Waals surface area contributed by atoms with Crippen LogP contribution in [0.5, 0.6) is 0 Å². The second-order valence-corrected chi connectivity index (χ2v) is 2.79. The molecule has 0 spiro atoms. The van der Waals surface area contributed by atoms with Crippen LogP contribution < -0.4 is 5.73 Å². The highest BCUT2D eigenvalue weighted by atomic mass is 16.4. The van der Waals surface area contributed by atoms with Crippen LogP contribution in [-0.2, 0) is 9.59 Å². The van der Waals surface area contributed by atoms with Crippen LogP contribution in [0.25, 0.3) is 0 Å². The summed E-state index contributed by atoms with van der Waals surface area (Å²) in [6.07, 6.45) is -1.62. The Morgan fingerprint density at radius 2 is 1.64 bits per heavy atom. The lowest BCUT2D eigenvalue weighted by atomic mass is 10.2. The molecule has 2 atom stereocenters. The maximum absolute atomic E-state index is 11.2. The highest BCUT2D eigenvalue weighted by Gasteiger charge is 2.32. The summed E-state index contributed by atoms with van der Waals surface area (Å²) in [5.41, 5.74) is 5.17. The van der Waals surface area contributed by atoms with Gasteiger partial charge < -0.3 is 15.9 Å². The standard InChI is InChI=1S/C7H12N2O5/c1-3(8)5(10)9(7(13)14)4(2)6(11)12/h3-4H,8H2,1-2H3,(H,11,12)(H,13,14)/t3-,4+/m0/s1. The van der Waals surface area contributed by atoms with Crippen LogP contribution in [-0.4, -0.2) is 45.2 Å². The van der Waals surface area contributed by atoms with Crippen LogP contribution in [0.15, 0.2) is 0 Å². The molecular weight excluding hydrogens is 192 g/mol. The monoisotopic (exact) mass is 204 g/mol. The van der Waals surface area contributed by atoms with Crippen molar-refractivity contribution in [1.82, 2.24) is 4.90 Å². The van der Waals surface area contributed by atoms with E-state index in [1.54, 1.807) is 0 Å². The predicted molar refractivity (Wildman–Crippen MR) is 45.6 cm³/mol. The Bertz CT molecular complexity index is 263. The lowest BCUT2D eigenvalue weighted by Gasteiger charge is -2.22. The molecule has 7 nitrogen and oxygen atoms in total. The number of aliphatic carboxylic acids is 1. The molecule has 0 unspecified atom stereocenters. The number of imide groups is 1. The van der Waals surface area contributed by atoms with Gasteiger partial charge in [0.1, 0.15) is 6.04 Å². The van der Waals surface area contributed by atoms with E-state index in [0.29, 0.717) is 0 Å². The first kappa shape index (κ1) is 12.4. The molecule has 0 aliphatic heterocycles. The number of hydrogen-bond acceptors (Lipinski definition) is 4. The Kier molecular flexibility index (Phi) is 4.03. The smallest absolute Gasteiger partial charge is 0.414 e. The number of hydrogen-bond donors (Lipinski definition) is 3. The van der Waals surface area contributed by atoms with Crippen LogP contribution in [0.1, 0.15) is 13.8 Å². The summed E-state index contributed by atoms with van der Waals surface area (Å²) in [7, 11) is 0. The first-order valence-electron chi connectivity index (χ1n) is 3.83. The number of nitrogens with two attached hydrogens (primary N) is 1. The first-order chi connectivity index (χ1) is 6.29. The Labute approximate surface area is 80.1 Å². The summed E-state index contributed by atoms with van der Waals surface area (Å²) in [5.74, 6) is -2.34. The van der Waals surface area contributed by atoms with Crippen molar-refractivity contribution >= 4 is 18.0 Å². The quantitative estimate of drug-likeness (QED) is 0.559. The van der Waals surface area contributed by atoms with E-state index < -0.39 is 30.1 Å². The minimum atomic E-state index is -1.62. The largest absolute Gasteiger partial charge is 0.480 e. The molecule has 0 rings (SSSR count). The third-order valence-corrected chi connectivity index (χ3v) is 1.58. The van der Waals surface area contributed by atoms with E-state index >= 15 is 0 Å². The summed E-state index contributed by atoms with van der Waals surface area (Å²) < 4.78 is 0. The van der Waals surface area contributed by atoms with Gasteiger partial charge in [-0.15, -0.1) is 0 Å². The second-order valence-electron chi connectivity index (χ2n) is 2.79. The average Bonchev–Trinajstić information content (AvgIpc) is 2.03. The van der Waals surface area contributed by atoms with Crippen molar-refractivity contribution in [1.29, 1.82) is 0 Å². The van der Waals surface area contributed by atoms with Gasteiger partial charge in [-0.05, 0) is 13.8 Å². The van der Waals surface area contributed by atoms with Gasteiger partial charge in [-0.3, -0.25) is 4.79 Å². The van der Waals surface area contributed by atoms with E-state index in [4.69, 9.17) is 15.9 Å². The molecule has 2 amide bonds. The van der Waals surface area contributed by atoms with Gasteiger partial charge in [0.15, 0.2) is 0 Å². The number of amides is 2. The summed E-state index contributed by atoms with van der Waals surface area (Å²) in [6, 6.07) is -2.49. The molecule has 0 heterocycles. The van der Waals surface area contributed by atoms with Crippen LogP contribution in [0, 0.1) is 0 Å². The summed E-state index contributed by atoms with van der Waals surface area (Å²) in [5, 5.41) is 17.1. The molecule has 0 saturated heterocycles. The highest BCUT2D eigenvalue weighted by Crippen LogP contribution is 2.02. The first-order valence-corrected chi connectivity index (χ1v) is 3.83. The topological polar surface area (TPSA) is 121 Å². The van der Waals surface area contributed by atoms with Crippen molar-refractivity contribution in [2.75, 3.05) is 0 Å². The summed E-state index contributed by atoms with van der Waals surface area (Å²) in [6.45, 7) is 2.38.